The van der Waals surface area contributed by atoms with Crippen molar-refractivity contribution in [2.75, 3.05) is 19.8 Å². The van der Waals surface area contributed by atoms with Gasteiger partial charge in [0.15, 0.2) is 11.9 Å². The number of rotatable bonds is 0. The fraction of sp³-hybridized carbons (Fsp3) is 0.600. The smallest absolute Gasteiger partial charge is 0.305 e. The molecule has 3 aromatic heterocycles. The first kappa shape index (κ1) is 35.8. The summed E-state index contributed by atoms with van der Waals surface area (Å²) in [6.45, 7) is 8.78. The highest BCUT2D eigenvalue weighted by Crippen LogP contribution is 2.23. The van der Waals surface area contributed by atoms with Crippen molar-refractivity contribution in [3.63, 3.8) is 0 Å². The van der Waals surface area contributed by atoms with Gasteiger partial charge in [-0.2, -0.15) is 0 Å². The van der Waals surface area contributed by atoms with Crippen molar-refractivity contribution >= 4 is 88.6 Å². The molecule has 0 unspecified atom stereocenters. The van der Waals surface area contributed by atoms with Gasteiger partial charge >= 0.3 is 17.9 Å². The quantitative estimate of drug-likeness (QED) is 0.133. The van der Waals surface area contributed by atoms with E-state index in [1.165, 1.54) is 34.0 Å². The Bertz CT molecular complexity index is 1490. The van der Waals surface area contributed by atoms with E-state index in [-0.39, 0.29) is 37.7 Å². The fourth-order valence-electron chi connectivity index (χ4n) is 5.17. The van der Waals surface area contributed by atoms with Crippen LogP contribution in [0.25, 0.3) is 0 Å². The topological polar surface area (TPSA) is 93.7 Å². The van der Waals surface area contributed by atoms with Gasteiger partial charge in [-0.15, -0.1) is 34.0 Å². The Labute approximate surface area is 290 Å². The molecular formula is C30H39N3O6S6. The predicted octanol–water partition coefficient (Wildman–Crippen LogP) is 7.40. The van der Waals surface area contributed by atoms with Gasteiger partial charge in [0.2, 0.25) is 0 Å². The molecule has 0 fully saturated rings. The van der Waals surface area contributed by atoms with E-state index in [9.17, 15) is 14.4 Å². The molecule has 0 aromatic carbocycles. The number of hydrogen-bond acceptors (Lipinski definition) is 12. The zero-order chi connectivity index (χ0) is 32.5. The maximum absolute atomic E-state index is 12.4. The molecule has 45 heavy (non-hydrogen) atoms. The molecule has 0 aliphatic carbocycles. The van der Waals surface area contributed by atoms with Crippen LogP contribution in [0.4, 0.5) is 0 Å². The van der Waals surface area contributed by atoms with Crippen LogP contribution in [0, 0.1) is 32.6 Å². The first-order chi connectivity index (χ1) is 21.5. The lowest BCUT2D eigenvalue weighted by Gasteiger charge is -2.10. The number of esters is 3. The molecule has 4 heterocycles. The van der Waals surface area contributed by atoms with Gasteiger partial charge in [-0.05, 0) is 76.7 Å². The van der Waals surface area contributed by atoms with Crippen molar-refractivity contribution in [3.8, 4) is 0 Å². The molecule has 1 aliphatic rings. The minimum absolute atomic E-state index is 0.239. The second-order valence-corrected chi connectivity index (χ2v) is 16.0. The first-order valence-electron chi connectivity index (χ1n) is 15.1. The average molecular weight is 730 g/mol. The highest BCUT2D eigenvalue weighted by atomic mass is 32.2. The van der Waals surface area contributed by atoms with Gasteiger partial charge < -0.3 is 27.9 Å². The molecule has 1 aliphatic heterocycles. The lowest BCUT2D eigenvalue weighted by molar-refractivity contribution is -0.144. The Balaban J connectivity index is 1.41. The molecule has 0 atom stereocenters. The maximum atomic E-state index is 12.4. The lowest BCUT2D eigenvalue weighted by atomic mass is 10.2. The zero-order valence-electron chi connectivity index (χ0n) is 25.8. The second kappa shape index (κ2) is 17.2. The van der Waals surface area contributed by atoms with Crippen LogP contribution in [0.1, 0.15) is 70.2 Å². The summed E-state index contributed by atoms with van der Waals surface area (Å²) < 4.78 is 24.9. The van der Waals surface area contributed by atoms with E-state index < -0.39 is 0 Å². The van der Waals surface area contributed by atoms with E-state index >= 15 is 0 Å². The third kappa shape index (κ3) is 9.97. The Hall–Kier alpha value is -2.04. The maximum Gasteiger partial charge on any atom is 0.305 e. The molecule has 0 saturated heterocycles. The third-order valence-corrected chi connectivity index (χ3v) is 12.6. The number of aromatic nitrogens is 3. The second-order valence-electron chi connectivity index (χ2n) is 10.8. The van der Waals surface area contributed by atoms with Crippen molar-refractivity contribution < 1.29 is 28.6 Å². The summed E-state index contributed by atoms with van der Waals surface area (Å²) in [5.74, 6) is -0.716. The molecule has 0 amide bonds. The summed E-state index contributed by atoms with van der Waals surface area (Å²) in [6, 6.07) is 0. The van der Waals surface area contributed by atoms with Crippen molar-refractivity contribution in [1.29, 1.82) is 0 Å². The summed E-state index contributed by atoms with van der Waals surface area (Å²) in [5.41, 5.74) is 3.13. The largest absolute Gasteiger partial charge is 0.465 e. The molecule has 0 spiro atoms. The standard InChI is InChI=1S/C30H39N3O6S6/c1-19-22-10-16-37-26(35)8-5-14-32-21(3)24(45-29(32)41)12-18-39-27(36)9-6-15-33-20(2)23(44-30(33)42)11-17-38-25(34)7-4-13-31(19)28(40)43-22/h4-18H2,1-3H3. The van der Waals surface area contributed by atoms with Crippen LogP contribution < -0.4 is 0 Å². The van der Waals surface area contributed by atoms with E-state index in [1.807, 2.05) is 34.5 Å². The van der Waals surface area contributed by atoms with Crippen molar-refractivity contribution in [1.82, 2.24) is 13.7 Å². The van der Waals surface area contributed by atoms with Gasteiger partial charge in [0.25, 0.3) is 0 Å². The summed E-state index contributed by atoms with van der Waals surface area (Å²) in [6.07, 6.45) is 4.53. The molecule has 0 N–H and O–H groups in total. The molecular weight excluding hydrogens is 691 g/mol. The number of ether oxygens (including phenoxy) is 3. The van der Waals surface area contributed by atoms with E-state index in [4.69, 9.17) is 50.9 Å². The average Bonchev–Trinajstić information content (AvgIpc) is 3.53. The molecule has 15 heteroatoms. The van der Waals surface area contributed by atoms with E-state index in [2.05, 4.69) is 0 Å². The summed E-state index contributed by atoms with van der Waals surface area (Å²) >= 11 is 21.3. The van der Waals surface area contributed by atoms with Crippen molar-refractivity contribution in [2.45, 2.75) is 98.2 Å². The number of carbonyl (C=O) groups excluding carboxylic acids is 3. The van der Waals surface area contributed by atoms with Gasteiger partial charge in [-0.3, -0.25) is 14.4 Å². The Morgan fingerprint density at radius 1 is 0.489 bits per heavy atom. The van der Waals surface area contributed by atoms with E-state index in [1.54, 1.807) is 0 Å². The number of hydrogen-bond donors (Lipinski definition) is 0. The molecule has 6 bridgehead atoms. The first-order valence-corrected chi connectivity index (χ1v) is 18.8. The van der Waals surface area contributed by atoms with Gasteiger partial charge in [-0.1, -0.05) is 0 Å². The molecule has 3 aromatic rings. The van der Waals surface area contributed by atoms with Gasteiger partial charge in [0.1, 0.15) is 0 Å². The Morgan fingerprint density at radius 3 is 1.02 bits per heavy atom. The number of nitrogens with zero attached hydrogens (tertiary/aromatic N) is 3. The number of carbonyl (C=O) groups is 3. The Morgan fingerprint density at radius 2 is 0.756 bits per heavy atom. The molecule has 246 valence electrons. The minimum Gasteiger partial charge on any atom is -0.465 e. The monoisotopic (exact) mass is 729 g/mol. The highest BCUT2D eigenvalue weighted by Gasteiger charge is 2.15. The van der Waals surface area contributed by atoms with Crippen molar-refractivity contribution in [2.24, 2.45) is 0 Å². The van der Waals surface area contributed by atoms with Gasteiger partial charge in [-0.25, -0.2) is 0 Å². The van der Waals surface area contributed by atoms with Gasteiger partial charge in [0.05, 0.1) is 19.8 Å². The summed E-state index contributed by atoms with van der Waals surface area (Å²) in [5, 5.41) is 0. The Kier molecular flexibility index (Phi) is 13.7. The van der Waals surface area contributed by atoms with Crippen molar-refractivity contribution in [3.05, 3.63) is 43.6 Å². The highest BCUT2D eigenvalue weighted by molar-refractivity contribution is 7.74. The van der Waals surface area contributed by atoms with Crippen LogP contribution in [-0.4, -0.2) is 51.4 Å². The zero-order valence-corrected chi connectivity index (χ0v) is 30.7. The van der Waals surface area contributed by atoms with Crippen LogP contribution in [0.15, 0.2) is 0 Å². The van der Waals surface area contributed by atoms with Crippen LogP contribution in [0.3, 0.4) is 0 Å². The van der Waals surface area contributed by atoms with Crippen LogP contribution >= 0.6 is 70.7 Å². The van der Waals surface area contributed by atoms with E-state index in [0.717, 1.165) is 43.6 Å². The number of cyclic esters (lactones) is 3. The molecule has 0 saturated carbocycles. The van der Waals surface area contributed by atoms with Crippen LogP contribution in [0.5, 0.6) is 0 Å². The van der Waals surface area contributed by atoms with Gasteiger partial charge in [0, 0.05) is 89.9 Å². The SMILES string of the molecule is Cc1c2sc(=S)n1CCCC(=O)OCCc1sc(=S)n(c1C)CCCC(=O)OCCc1sc(=S)n(c1C)CCCC(=O)OCC2. The molecule has 4 rings (SSSR count). The number of fused-ring (bicyclic) bond motifs is 6. The van der Waals surface area contributed by atoms with Crippen LogP contribution in [-0.2, 0) is 67.5 Å². The normalized spacial score (nSPS) is 17.3. The summed E-state index contributed by atoms with van der Waals surface area (Å²) in [7, 11) is 0. The van der Waals surface area contributed by atoms with Crippen LogP contribution in [0.2, 0.25) is 0 Å². The lowest BCUT2D eigenvalue weighted by Crippen LogP contribution is -2.12. The summed E-state index contributed by atoms with van der Waals surface area (Å²) in [4.78, 5) is 40.5. The third-order valence-electron chi connectivity index (χ3n) is 7.78. The molecule has 9 nitrogen and oxygen atoms in total. The fourth-order valence-corrected chi connectivity index (χ4v) is 9.74. The minimum atomic E-state index is -0.239. The van der Waals surface area contributed by atoms with E-state index in [0.29, 0.717) is 77.4 Å². The molecule has 0 radical (unpaired) electrons. The number of thiazole rings is 3. The predicted molar refractivity (Wildman–Crippen MR) is 185 cm³/mol.